The van der Waals surface area contributed by atoms with Crippen molar-refractivity contribution >= 4 is 12.0 Å². The van der Waals surface area contributed by atoms with Crippen molar-refractivity contribution in [3.05, 3.63) is 0 Å². The van der Waals surface area contributed by atoms with Gasteiger partial charge >= 0.3 is 12.0 Å². The van der Waals surface area contributed by atoms with Crippen molar-refractivity contribution in [2.24, 2.45) is 5.92 Å². The fourth-order valence-corrected chi connectivity index (χ4v) is 1.91. The largest absolute Gasteiger partial charge is 0.481 e. The Labute approximate surface area is 121 Å². The summed E-state index contributed by atoms with van der Waals surface area (Å²) in [4.78, 5) is 22.0. The van der Waals surface area contributed by atoms with Gasteiger partial charge < -0.3 is 20.5 Å². The molecule has 0 aliphatic rings. The van der Waals surface area contributed by atoms with Crippen molar-refractivity contribution in [1.82, 2.24) is 10.6 Å². The molecule has 6 nitrogen and oxygen atoms in total. The molecular formula is C14H28N2O4. The predicted octanol–water partition coefficient (Wildman–Crippen LogP) is 1.99. The van der Waals surface area contributed by atoms with Crippen LogP contribution in [0.4, 0.5) is 4.79 Å². The van der Waals surface area contributed by atoms with E-state index in [9.17, 15) is 9.59 Å². The van der Waals surface area contributed by atoms with Gasteiger partial charge in [-0.05, 0) is 32.6 Å². The van der Waals surface area contributed by atoms with Crippen molar-refractivity contribution in [3.63, 3.8) is 0 Å². The minimum atomic E-state index is -0.765. The number of aliphatic carboxylic acids is 1. The molecule has 118 valence electrons. The second-order valence-electron chi connectivity index (χ2n) is 4.90. The summed E-state index contributed by atoms with van der Waals surface area (Å²) < 4.78 is 5.31. The lowest BCUT2D eigenvalue weighted by Crippen LogP contribution is -2.40. The van der Waals surface area contributed by atoms with Crippen LogP contribution in [0.15, 0.2) is 0 Å². The second-order valence-corrected chi connectivity index (χ2v) is 4.90. The van der Waals surface area contributed by atoms with Gasteiger partial charge in [0.1, 0.15) is 0 Å². The van der Waals surface area contributed by atoms with Gasteiger partial charge in [0.2, 0.25) is 0 Å². The van der Waals surface area contributed by atoms with Crippen LogP contribution < -0.4 is 10.6 Å². The Morgan fingerprint density at radius 3 is 2.45 bits per heavy atom. The molecule has 0 aromatic carbocycles. The first-order chi connectivity index (χ1) is 9.49. The molecule has 0 aliphatic heterocycles. The number of urea groups is 1. The van der Waals surface area contributed by atoms with Crippen molar-refractivity contribution < 1.29 is 19.4 Å². The van der Waals surface area contributed by atoms with Crippen LogP contribution >= 0.6 is 0 Å². The summed E-state index contributed by atoms with van der Waals surface area (Å²) in [5.41, 5.74) is 0. The molecular weight excluding hydrogens is 260 g/mol. The molecule has 0 radical (unpaired) electrons. The normalized spacial score (nSPS) is 13.6. The average Bonchev–Trinajstić information content (AvgIpc) is 2.40. The third kappa shape index (κ3) is 10.6. The quantitative estimate of drug-likeness (QED) is 0.542. The fourth-order valence-electron chi connectivity index (χ4n) is 1.91. The number of nitrogens with one attached hydrogen (secondary N) is 2. The lowest BCUT2D eigenvalue weighted by molar-refractivity contribution is -0.137. The molecule has 0 spiro atoms. The number of amides is 2. The van der Waals surface area contributed by atoms with Crippen LogP contribution in [0.3, 0.4) is 0 Å². The van der Waals surface area contributed by atoms with Gasteiger partial charge in [-0.15, -0.1) is 0 Å². The van der Waals surface area contributed by atoms with Crippen molar-refractivity contribution in [2.75, 3.05) is 19.7 Å². The zero-order valence-corrected chi connectivity index (χ0v) is 12.8. The number of carboxylic acids is 1. The fraction of sp³-hybridized carbons (Fsp3) is 0.857. The van der Waals surface area contributed by atoms with E-state index in [2.05, 4.69) is 10.6 Å². The highest BCUT2D eigenvalue weighted by Gasteiger charge is 2.10. The molecule has 0 aromatic heterocycles. The third-order valence-corrected chi connectivity index (χ3v) is 3.18. The second kappa shape index (κ2) is 11.5. The number of carbonyl (C=O) groups is 2. The Hall–Kier alpha value is -1.30. The molecule has 2 atom stereocenters. The average molecular weight is 288 g/mol. The summed E-state index contributed by atoms with van der Waals surface area (Å²) in [6.07, 6.45) is 2.59. The van der Waals surface area contributed by atoms with E-state index in [0.717, 1.165) is 12.8 Å². The Kier molecular flexibility index (Phi) is 10.8. The van der Waals surface area contributed by atoms with E-state index in [1.54, 1.807) is 0 Å². The molecule has 20 heavy (non-hydrogen) atoms. The molecule has 0 aromatic rings. The van der Waals surface area contributed by atoms with Crippen LogP contribution in [0, 0.1) is 5.92 Å². The van der Waals surface area contributed by atoms with Crippen LogP contribution in [0.2, 0.25) is 0 Å². The molecule has 2 unspecified atom stereocenters. The Bertz CT molecular complexity index is 284. The van der Waals surface area contributed by atoms with Gasteiger partial charge in [0.25, 0.3) is 0 Å². The summed E-state index contributed by atoms with van der Waals surface area (Å²) in [6.45, 7) is 7.53. The molecule has 0 bridgehead atoms. The maximum absolute atomic E-state index is 11.5. The molecule has 2 amide bonds. The number of carboxylic acid groups (broad SMARTS) is 1. The van der Waals surface area contributed by atoms with E-state index in [1.165, 1.54) is 0 Å². The molecule has 0 rings (SSSR count). The Morgan fingerprint density at radius 2 is 1.90 bits per heavy atom. The van der Waals surface area contributed by atoms with E-state index in [-0.39, 0.29) is 18.6 Å². The standard InChI is InChI=1S/C14H28N2O4/c1-4-12(6-7-13(17)18)8-9-15-14(19)16-10-11(3)20-5-2/h11-12H,4-10H2,1-3H3,(H,17,18)(H2,15,16,19). The summed E-state index contributed by atoms with van der Waals surface area (Å²) >= 11 is 0. The van der Waals surface area contributed by atoms with Crippen LogP contribution in [0.5, 0.6) is 0 Å². The van der Waals surface area contributed by atoms with E-state index in [1.807, 2.05) is 20.8 Å². The zero-order valence-electron chi connectivity index (χ0n) is 12.8. The maximum atomic E-state index is 11.5. The van der Waals surface area contributed by atoms with Crippen molar-refractivity contribution in [2.45, 2.75) is 52.6 Å². The van der Waals surface area contributed by atoms with Gasteiger partial charge in [-0.1, -0.05) is 13.3 Å². The van der Waals surface area contributed by atoms with E-state index in [0.29, 0.717) is 32.0 Å². The number of ether oxygens (including phenoxy) is 1. The summed E-state index contributed by atoms with van der Waals surface area (Å²) in [5.74, 6) is -0.423. The SMILES string of the molecule is CCOC(C)CNC(=O)NCCC(CC)CCC(=O)O. The van der Waals surface area contributed by atoms with Crippen molar-refractivity contribution in [1.29, 1.82) is 0 Å². The summed E-state index contributed by atoms with van der Waals surface area (Å²) in [6, 6.07) is -0.204. The minimum Gasteiger partial charge on any atom is -0.481 e. The molecule has 0 aliphatic carbocycles. The predicted molar refractivity (Wildman–Crippen MR) is 77.8 cm³/mol. The minimum absolute atomic E-state index is 0.00436. The molecule has 0 saturated carbocycles. The van der Waals surface area contributed by atoms with Crippen LogP contribution in [-0.2, 0) is 9.53 Å². The van der Waals surface area contributed by atoms with Crippen molar-refractivity contribution in [3.8, 4) is 0 Å². The molecule has 0 heterocycles. The lowest BCUT2D eigenvalue weighted by atomic mass is 9.97. The summed E-state index contributed by atoms with van der Waals surface area (Å²) in [5, 5.41) is 14.2. The van der Waals surface area contributed by atoms with E-state index in [4.69, 9.17) is 9.84 Å². The van der Waals surface area contributed by atoms with Gasteiger partial charge in [0.15, 0.2) is 0 Å². The third-order valence-electron chi connectivity index (χ3n) is 3.18. The first-order valence-electron chi connectivity index (χ1n) is 7.34. The highest BCUT2D eigenvalue weighted by Crippen LogP contribution is 2.14. The maximum Gasteiger partial charge on any atom is 0.314 e. The topological polar surface area (TPSA) is 87.7 Å². The number of hydrogen-bond acceptors (Lipinski definition) is 3. The first kappa shape index (κ1) is 18.7. The zero-order chi connectivity index (χ0) is 15.4. The molecule has 0 fully saturated rings. The number of rotatable bonds is 11. The van der Waals surface area contributed by atoms with Gasteiger partial charge in [-0.2, -0.15) is 0 Å². The van der Waals surface area contributed by atoms with Gasteiger partial charge in [-0.3, -0.25) is 4.79 Å². The number of hydrogen-bond donors (Lipinski definition) is 3. The van der Waals surface area contributed by atoms with Gasteiger partial charge in [0.05, 0.1) is 6.10 Å². The van der Waals surface area contributed by atoms with Gasteiger partial charge in [-0.25, -0.2) is 4.79 Å². The van der Waals surface area contributed by atoms with Crippen LogP contribution in [-0.4, -0.2) is 42.9 Å². The first-order valence-corrected chi connectivity index (χ1v) is 7.34. The Morgan fingerprint density at radius 1 is 1.20 bits per heavy atom. The Balaban J connectivity index is 3.69. The van der Waals surface area contributed by atoms with E-state index >= 15 is 0 Å². The molecule has 0 saturated heterocycles. The lowest BCUT2D eigenvalue weighted by Gasteiger charge is -2.15. The highest BCUT2D eigenvalue weighted by atomic mass is 16.5. The van der Waals surface area contributed by atoms with Crippen LogP contribution in [0.25, 0.3) is 0 Å². The highest BCUT2D eigenvalue weighted by molar-refractivity contribution is 5.73. The summed E-state index contributed by atoms with van der Waals surface area (Å²) in [7, 11) is 0. The van der Waals surface area contributed by atoms with Crippen LogP contribution in [0.1, 0.15) is 46.5 Å². The van der Waals surface area contributed by atoms with E-state index < -0.39 is 5.97 Å². The van der Waals surface area contributed by atoms with Gasteiger partial charge in [0, 0.05) is 26.1 Å². The number of carbonyl (C=O) groups excluding carboxylic acids is 1. The smallest absolute Gasteiger partial charge is 0.314 e. The monoisotopic (exact) mass is 288 g/mol. The molecule has 3 N–H and O–H groups in total. The molecule has 6 heteroatoms.